The molecule has 0 aromatic heterocycles. The summed E-state index contributed by atoms with van der Waals surface area (Å²) in [6, 6.07) is 25.2. The molecule has 1 heterocycles. The lowest BCUT2D eigenvalue weighted by Gasteiger charge is -2.38. The van der Waals surface area contributed by atoms with Crippen molar-refractivity contribution < 1.29 is 14.3 Å². The molecule has 0 spiro atoms. The monoisotopic (exact) mass is 402 g/mol. The van der Waals surface area contributed by atoms with Gasteiger partial charge in [0.1, 0.15) is 30.9 Å². The number of nitrogens with zero attached hydrogens (tertiary/aromatic N) is 1. The third-order valence-electron chi connectivity index (χ3n) is 5.05. The van der Waals surface area contributed by atoms with Crippen LogP contribution in [0.5, 0.6) is 11.5 Å². The average molecular weight is 402 g/mol. The predicted octanol–water partition coefficient (Wildman–Crippen LogP) is 5.12. The van der Waals surface area contributed by atoms with Gasteiger partial charge in [-0.3, -0.25) is 4.79 Å². The third kappa shape index (κ3) is 4.25. The largest absolute Gasteiger partial charge is 0.490 e. The number of anilines is 1. The molecule has 30 heavy (non-hydrogen) atoms. The number of para-hydroxylation sites is 3. The van der Waals surface area contributed by atoms with Gasteiger partial charge in [0, 0.05) is 17.8 Å². The normalized spacial score (nSPS) is 15.3. The molecule has 1 amide bonds. The van der Waals surface area contributed by atoms with Crippen LogP contribution in [0, 0.1) is 0 Å². The zero-order valence-electron chi connectivity index (χ0n) is 17.1. The lowest BCUT2D eigenvalue weighted by molar-refractivity contribution is 0.0680. The molecule has 5 heteroatoms. The first-order valence-corrected chi connectivity index (χ1v) is 10.3. The van der Waals surface area contributed by atoms with E-state index in [0.29, 0.717) is 25.3 Å². The van der Waals surface area contributed by atoms with Gasteiger partial charge in [0.05, 0.1) is 5.56 Å². The topological polar surface area (TPSA) is 50.8 Å². The number of benzene rings is 3. The number of hydrogen-bond donors (Lipinski definition) is 1. The Kier molecular flexibility index (Phi) is 6.18. The predicted molar refractivity (Wildman–Crippen MR) is 118 cm³/mol. The van der Waals surface area contributed by atoms with Gasteiger partial charge in [-0.1, -0.05) is 55.5 Å². The Morgan fingerprint density at radius 1 is 0.867 bits per heavy atom. The first kappa shape index (κ1) is 19.8. The highest BCUT2D eigenvalue weighted by atomic mass is 16.5. The van der Waals surface area contributed by atoms with Gasteiger partial charge in [-0.05, 0) is 36.8 Å². The SMILES string of the molecule is CCCN1C(=O)c2ccccc2NC1c1ccccc1OCCOc1ccccc1. The van der Waals surface area contributed by atoms with Gasteiger partial charge in [-0.25, -0.2) is 0 Å². The Labute approximate surface area is 177 Å². The summed E-state index contributed by atoms with van der Waals surface area (Å²) in [5.41, 5.74) is 2.49. The van der Waals surface area contributed by atoms with Crippen LogP contribution in [-0.4, -0.2) is 30.6 Å². The molecule has 0 radical (unpaired) electrons. The van der Waals surface area contributed by atoms with E-state index in [9.17, 15) is 4.79 Å². The summed E-state index contributed by atoms with van der Waals surface area (Å²) in [7, 11) is 0. The first-order valence-electron chi connectivity index (χ1n) is 10.3. The number of hydrogen-bond acceptors (Lipinski definition) is 4. The standard InChI is InChI=1S/C25H26N2O3/c1-2-16-27-24(26-22-14-8-6-12-20(22)25(27)28)21-13-7-9-15-23(21)30-18-17-29-19-10-4-3-5-11-19/h3-15,24,26H,2,16-18H2,1H3. The van der Waals surface area contributed by atoms with Crippen LogP contribution in [0.25, 0.3) is 0 Å². The maximum atomic E-state index is 13.1. The van der Waals surface area contributed by atoms with Crippen molar-refractivity contribution in [2.45, 2.75) is 19.5 Å². The molecular formula is C25H26N2O3. The van der Waals surface area contributed by atoms with Crippen molar-refractivity contribution in [3.63, 3.8) is 0 Å². The summed E-state index contributed by atoms with van der Waals surface area (Å²) < 4.78 is 11.8. The van der Waals surface area contributed by atoms with Gasteiger partial charge >= 0.3 is 0 Å². The van der Waals surface area contributed by atoms with Crippen LogP contribution < -0.4 is 14.8 Å². The number of nitrogens with one attached hydrogen (secondary N) is 1. The van der Waals surface area contributed by atoms with E-state index in [1.165, 1.54) is 0 Å². The lowest BCUT2D eigenvalue weighted by Crippen LogP contribution is -2.43. The third-order valence-corrected chi connectivity index (χ3v) is 5.05. The van der Waals surface area contributed by atoms with Crippen LogP contribution in [0.1, 0.15) is 35.4 Å². The molecule has 154 valence electrons. The summed E-state index contributed by atoms with van der Waals surface area (Å²) in [4.78, 5) is 15.0. The summed E-state index contributed by atoms with van der Waals surface area (Å²) in [6.45, 7) is 3.60. The molecular weight excluding hydrogens is 376 g/mol. The van der Waals surface area contributed by atoms with Crippen LogP contribution in [0.2, 0.25) is 0 Å². The minimum Gasteiger partial charge on any atom is -0.490 e. The van der Waals surface area contributed by atoms with Crippen LogP contribution >= 0.6 is 0 Å². The van der Waals surface area contributed by atoms with E-state index < -0.39 is 0 Å². The minimum absolute atomic E-state index is 0.0402. The van der Waals surface area contributed by atoms with Crippen molar-refractivity contribution in [1.82, 2.24) is 4.90 Å². The van der Waals surface area contributed by atoms with E-state index in [1.807, 2.05) is 83.8 Å². The zero-order valence-corrected chi connectivity index (χ0v) is 17.1. The average Bonchev–Trinajstić information content (AvgIpc) is 2.80. The number of ether oxygens (including phenoxy) is 2. The highest BCUT2D eigenvalue weighted by Crippen LogP contribution is 2.36. The first-order chi connectivity index (χ1) is 14.8. The van der Waals surface area contributed by atoms with Gasteiger partial charge in [0.15, 0.2) is 0 Å². The number of carbonyl (C=O) groups is 1. The van der Waals surface area contributed by atoms with E-state index >= 15 is 0 Å². The summed E-state index contributed by atoms with van der Waals surface area (Å²) >= 11 is 0. The molecule has 5 nitrogen and oxygen atoms in total. The molecule has 1 unspecified atom stereocenters. The van der Waals surface area contributed by atoms with Crippen LogP contribution in [0.15, 0.2) is 78.9 Å². The molecule has 0 aliphatic carbocycles. The van der Waals surface area contributed by atoms with E-state index in [4.69, 9.17) is 9.47 Å². The van der Waals surface area contributed by atoms with Crippen molar-refractivity contribution >= 4 is 11.6 Å². The fraction of sp³-hybridized carbons (Fsp3) is 0.240. The molecule has 1 aliphatic rings. The second-order valence-corrected chi connectivity index (χ2v) is 7.14. The minimum atomic E-state index is -0.279. The van der Waals surface area contributed by atoms with Gasteiger partial charge in [0.2, 0.25) is 0 Å². The molecule has 0 saturated heterocycles. The Morgan fingerprint density at radius 2 is 1.57 bits per heavy atom. The summed E-state index contributed by atoms with van der Waals surface area (Å²) in [5.74, 6) is 1.61. The smallest absolute Gasteiger partial charge is 0.257 e. The second kappa shape index (κ2) is 9.35. The van der Waals surface area contributed by atoms with Gasteiger partial charge in [-0.2, -0.15) is 0 Å². The molecule has 1 aliphatic heterocycles. The van der Waals surface area contributed by atoms with E-state index in [1.54, 1.807) is 0 Å². The molecule has 1 atom stereocenters. The maximum Gasteiger partial charge on any atom is 0.257 e. The number of carbonyl (C=O) groups excluding carboxylic acids is 1. The molecule has 0 bridgehead atoms. The molecule has 3 aromatic rings. The van der Waals surface area contributed by atoms with Crippen LogP contribution in [-0.2, 0) is 0 Å². The number of rotatable bonds is 8. The van der Waals surface area contributed by atoms with E-state index in [2.05, 4.69) is 12.2 Å². The number of amides is 1. The van der Waals surface area contributed by atoms with Crippen molar-refractivity contribution in [2.75, 3.05) is 25.1 Å². The van der Waals surface area contributed by atoms with Gasteiger partial charge in [0.25, 0.3) is 5.91 Å². The van der Waals surface area contributed by atoms with Crippen LogP contribution in [0.4, 0.5) is 5.69 Å². The van der Waals surface area contributed by atoms with Crippen LogP contribution in [0.3, 0.4) is 0 Å². The number of fused-ring (bicyclic) bond motifs is 1. The Morgan fingerprint density at radius 3 is 2.40 bits per heavy atom. The van der Waals surface area contributed by atoms with Gasteiger partial charge < -0.3 is 19.7 Å². The lowest BCUT2D eigenvalue weighted by atomic mass is 10.0. The summed E-state index contributed by atoms with van der Waals surface area (Å²) in [6.07, 6.45) is 0.596. The van der Waals surface area contributed by atoms with Crippen molar-refractivity contribution in [2.24, 2.45) is 0 Å². The van der Waals surface area contributed by atoms with Crippen molar-refractivity contribution in [3.8, 4) is 11.5 Å². The molecule has 3 aromatic carbocycles. The second-order valence-electron chi connectivity index (χ2n) is 7.14. The van der Waals surface area contributed by atoms with Crippen molar-refractivity contribution in [1.29, 1.82) is 0 Å². The van der Waals surface area contributed by atoms with Gasteiger partial charge in [-0.15, -0.1) is 0 Å². The molecule has 1 N–H and O–H groups in total. The van der Waals surface area contributed by atoms with Crippen molar-refractivity contribution in [3.05, 3.63) is 90.0 Å². The Hall–Kier alpha value is -3.47. The molecule has 0 fully saturated rings. The van der Waals surface area contributed by atoms with E-state index in [-0.39, 0.29) is 12.1 Å². The fourth-order valence-electron chi connectivity index (χ4n) is 3.68. The maximum absolute atomic E-state index is 13.1. The Bertz CT molecular complexity index is 990. The Balaban J connectivity index is 1.52. The molecule has 0 saturated carbocycles. The zero-order chi connectivity index (χ0) is 20.8. The highest BCUT2D eigenvalue weighted by Gasteiger charge is 2.33. The van der Waals surface area contributed by atoms with E-state index in [0.717, 1.165) is 29.2 Å². The summed E-state index contributed by atoms with van der Waals surface area (Å²) in [5, 5.41) is 3.53. The molecule has 4 rings (SSSR count). The highest BCUT2D eigenvalue weighted by molar-refractivity contribution is 6.01. The quantitative estimate of drug-likeness (QED) is 0.531. The fourth-order valence-corrected chi connectivity index (χ4v) is 3.68.